The van der Waals surface area contributed by atoms with Gasteiger partial charge in [-0.25, -0.2) is 4.98 Å². The molecule has 21 heavy (non-hydrogen) atoms. The summed E-state index contributed by atoms with van der Waals surface area (Å²) in [7, 11) is 0. The number of hydrogen-bond donors (Lipinski definition) is 1. The molecule has 0 saturated carbocycles. The lowest BCUT2D eigenvalue weighted by atomic mass is 9.89. The summed E-state index contributed by atoms with van der Waals surface area (Å²) in [6.07, 6.45) is 0.903. The molecular weight excluding hydrogens is 300 g/mol. The summed E-state index contributed by atoms with van der Waals surface area (Å²) in [5.41, 5.74) is 2.26. The van der Waals surface area contributed by atoms with Crippen LogP contribution in [0.15, 0.2) is 0 Å². The molecule has 0 aliphatic carbocycles. The number of nitrogens with zero attached hydrogens (tertiary/aromatic N) is 3. The molecule has 2 aromatic heterocycles. The number of rotatable bonds is 5. The first kappa shape index (κ1) is 16.5. The van der Waals surface area contributed by atoms with Crippen molar-refractivity contribution >= 4 is 22.9 Å². The summed E-state index contributed by atoms with van der Waals surface area (Å²) in [6.45, 7) is 13.8. The Morgan fingerprint density at radius 1 is 1.24 bits per heavy atom. The summed E-state index contributed by atoms with van der Waals surface area (Å²) < 4.78 is 4.19. The van der Waals surface area contributed by atoms with Crippen LogP contribution < -0.4 is 5.32 Å². The van der Waals surface area contributed by atoms with Crippen LogP contribution in [-0.4, -0.2) is 21.1 Å². The van der Waals surface area contributed by atoms with Gasteiger partial charge < -0.3 is 5.32 Å². The average Bonchev–Trinajstić information content (AvgIpc) is 2.96. The predicted molar refractivity (Wildman–Crippen MR) is 90.3 cm³/mol. The lowest BCUT2D eigenvalue weighted by Crippen LogP contribution is -2.25. The molecule has 0 aromatic carbocycles. The monoisotopic (exact) mass is 324 g/mol. The van der Waals surface area contributed by atoms with E-state index in [1.54, 1.807) is 11.3 Å². The first-order valence-electron chi connectivity index (χ1n) is 7.32. The van der Waals surface area contributed by atoms with Crippen LogP contribution in [0.2, 0.25) is 0 Å². The molecule has 0 fully saturated rings. The number of aromatic nitrogens is 3. The van der Waals surface area contributed by atoms with Crippen molar-refractivity contribution in [3.63, 3.8) is 0 Å². The molecule has 6 heteroatoms. The van der Waals surface area contributed by atoms with Crippen molar-refractivity contribution in [3.05, 3.63) is 26.1 Å². The van der Waals surface area contributed by atoms with Gasteiger partial charge in [0.2, 0.25) is 0 Å². The van der Waals surface area contributed by atoms with Crippen LogP contribution in [0.1, 0.15) is 59.9 Å². The van der Waals surface area contributed by atoms with Gasteiger partial charge in [-0.3, -0.25) is 0 Å². The third-order valence-electron chi connectivity index (χ3n) is 3.44. The molecule has 4 nitrogen and oxygen atoms in total. The second kappa shape index (κ2) is 6.50. The highest BCUT2D eigenvalue weighted by molar-refractivity contribution is 7.11. The highest BCUT2D eigenvalue weighted by atomic mass is 32.1. The van der Waals surface area contributed by atoms with Crippen molar-refractivity contribution in [1.29, 1.82) is 0 Å². The topological polar surface area (TPSA) is 50.7 Å². The minimum absolute atomic E-state index is 0.0186. The molecule has 1 unspecified atom stereocenters. The molecule has 0 radical (unpaired) electrons. The fourth-order valence-electron chi connectivity index (χ4n) is 2.25. The predicted octanol–water partition coefficient (Wildman–Crippen LogP) is 3.80. The molecule has 0 bridgehead atoms. The SMILES string of the molecule is CCNC(Cc1nc(C)c(C)s1)c1snnc1C(C)(C)C. The van der Waals surface area contributed by atoms with Gasteiger partial charge in [0.25, 0.3) is 0 Å². The molecule has 2 rings (SSSR count). The third kappa shape index (κ3) is 3.87. The smallest absolute Gasteiger partial charge is 0.0950 e. The molecule has 0 aliphatic heterocycles. The van der Waals surface area contributed by atoms with Crippen LogP contribution in [0.3, 0.4) is 0 Å². The van der Waals surface area contributed by atoms with E-state index in [1.807, 2.05) is 0 Å². The van der Waals surface area contributed by atoms with Crippen molar-refractivity contribution in [2.45, 2.75) is 59.4 Å². The molecule has 0 saturated heterocycles. The molecule has 1 N–H and O–H groups in total. The Morgan fingerprint density at radius 2 is 1.95 bits per heavy atom. The second-order valence-electron chi connectivity index (χ2n) is 6.30. The summed E-state index contributed by atoms with van der Waals surface area (Å²) >= 11 is 3.30. The van der Waals surface area contributed by atoms with Gasteiger partial charge in [-0.1, -0.05) is 32.2 Å². The number of thiazole rings is 1. The second-order valence-corrected chi connectivity index (χ2v) is 8.37. The van der Waals surface area contributed by atoms with Gasteiger partial charge in [0.1, 0.15) is 0 Å². The normalized spacial score (nSPS) is 13.6. The Balaban J connectivity index is 2.29. The first-order chi connectivity index (χ1) is 9.82. The Bertz CT molecular complexity index is 576. The molecule has 2 aromatic rings. The summed E-state index contributed by atoms with van der Waals surface area (Å²) in [5.74, 6) is 0. The summed E-state index contributed by atoms with van der Waals surface area (Å²) in [4.78, 5) is 7.23. The third-order valence-corrected chi connectivity index (χ3v) is 5.38. The van der Waals surface area contributed by atoms with Crippen molar-refractivity contribution < 1.29 is 0 Å². The molecule has 1 atom stereocenters. The zero-order valence-corrected chi connectivity index (χ0v) is 15.3. The lowest BCUT2D eigenvalue weighted by molar-refractivity contribution is 0.514. The van der Waals surface area contributed by atoms with E-state index >= 15 is 0 Å². The maximum atomic E-state index is 4.68. The Kier molecular flexibility index (Phi) is 5.11. The van der Waals surface area contributed by atoms with Crippen molar-refractivity contribution in [1.82, 2.24) is 19.9 Å². The quantitative estimate of drug-likeness (QED) is 0.909. The van der Waals surface area contributed by atoms with E-state index in [0.717, 1.165) is 24.4 Å². The molecule has 2 heterocycles. The van der Waals surface area contributed by atoms with E-state index in [1.165, 1.54) is 26.3 Å². The van der Waals surface area contributed by atoms with Gasteiger partial charge in [0, 0.05) is 16.7 Å². The van der Waals surface area contributed by atoms with E-state index in [-0.39, 0.29) is 11.5 Å². The van der Waals surface area contributed by atoms with Crippen LogP contribution in [-0.2, 0) is 11.8 Å². The summed E-state index contributed by atoms with van der Waals surface area (Å²) in [5, 5.41) is 9.12. The van der Waals surface area contributed by atoms with Crippen molar-refractivity contribution in [2.75, 3.05) is 6.54 Å². The minimum Gasteiger partial charge on any atom is -0.309 e. The fraction of sp³-hybridized carbons (Fsp3) is 0.667. The number of aryl methyl sites for hydroxylation is 2. The molecular formula is C15H24N4S2. The van der Waals surface area contributed by atoms with Crippen LogP contribution in [0.5, 0.6) is 0 Å². The van der Waals surface area contributed by atoms with E-state index in [0.29, 0.717) is 0 Å². The first-order valence-corrected chi connectivity index (χ1v) is 8.91. The number of nitrogens with one attached hydrogen (secondary N) is 1. The maximum Gasteiger partial charge on any atom is 0.0950 e. The zero-order valence-electron chi connectivity index (χ0n) is 13.6. The standard InChI is InChI=1S/C15H24N4S2/c1-7-16-11(8-12-17-9(2)10(3)20-12)13-14(15(4,5)6)18-19-21-13/h11,16H,7-8H2,1-6H3. The highest BCUT2D eigenvalue weighted by Gasteiger charge is 2.27. The van der Waals surface area contributed by atoms with E-state index in [4.69, 9.17) is 0 Å². The fourth-order valence-corrected chi connectivity index (χ4v) is 4.17. The largest absolute Gasteiger partial charge is 0.309 e. The molecule has 0 aliphatic rings. The maximum absolute atomic E-state index is 4.68. The van der Waals surface area contributed by atoms with E-state index in [9.17, 15) is 0 Å². The van der Waals surface area contributed by atoms with Gasteiger partial charge in [-0.15, -0.1) is 16.4 Å². The van der Waals surface area contributed by atoms with Crippen molar-refractivity contribution in [2.24, 2.45) is 0 Å². The van der Waals surface area contributed by atoms with Crippen LogP contribution in [0.25, 0.3) is 0 Å². The van der Waals surface area contributed by atoms with Gasteiger partial charge in [0.15, 0.2) is 0 Å². The Hall–Kier alpha value is -0.850. The van der Waals surface area contributed by atoms with E-state index in [2.05, 4.69) is 61.4 Å². The summed E-state index contributed by atoms with van der Waals surface area (Å²) in [6, 6.07) is 0.245. The van der Waals surface area contributed by atoms with Crippen molar-refractivity contribution in [3.8, 4) is 0 Å². The highest BCUT2D eigenvalue weighted by Crippen LogP contribution is 2.32. The molecule has 116 valence electrons. The van der Waals surface area contributed by atoms with Crippen LogP contribution in [0, 0.1) is 13.8 Å². The number of hydrogen-bond acceptors (Lipinski definition) is 6. The average molecular weight is 325 g/mol. The Morgan fingerprint density at radius 3 is 2.48 bits per heavy atom. The Labute approximate surface area is 135 Å². The lowest BCUT2D eigenvalue weighted by Gasteiger charge is -2.21. The van der Waals surface area contributed by atoms with Gasteiger partial charge in [-0.2, -0.15) is 0 Å². The van der Waals surface area contributed by atoms with Gasteiger partial charge >= 0.3 is 0 Å². The van der Waals surface area contributed by atoms with E-state index < -0.39 is 0 Å². The molecule has 0 spiro atoms. The van der Waals surface area contributed by atoms with Crippen LogP contribution in [0.4, 0.5) is 0 Å². The van der Waals surface area contributed by atoms with Gasteiger partial charge in [0.05, 0.1) is 27.3 Å². The van der Waals surface area contributed by atoms with Crippen LogP contribution >= 0.6 is 22.9 Å². The number of likely N-dealkylation sites (N-methyl/N-ethyl adjacent to an activating group) is 1. The zero-order chi connectivity index (χ0) is 15.6. The van der Waals surface area contributed by atoms with Gasteiger partial charge in [-0.05, 0) is 31.9 Å². The minimum atomic E-state index is 0.0186. The molecule has 0 amide bonds.